The second-order valence-corrected chi connectivity index (χ2v) is 4.82. The normalized spacial score (nSPS) is 16.1. The Morgan fingerprint density at radius 3 is 2.70 bits per heavy atom. The number of carbonyl (C=O) groups is 1. The standard InChI is InChI=1S/C13H20N4O3/c1-9-10(2)15-16-12(11(9)13(18)19)14-3-4-17-5-7-20-8-6-17/h3-8H2,1-2H3,(H,14,16)(H,18,19). The third-order valence-electron chi connectivity index (χ3n) is 3.49. The molecule has 0 aliphatic carbocycles. The van der Waals surface area contributed by atoms with Crippen molar-refractivity contribution in [1.29, 1.82) is 0 Å². The third kappa shape index (κ3) is 3.43. The highest BCUT2D eigenvalue weighted by molar-refractivity contribution is 5.94. The van der Waals surface area contributed by atoms with Gasteiger partial charge < -0.3 is 15.2 Å². The van der Waals surface area contributed by atoms with Gasteiger partial charge in [0, 0.05) is 26.2 Å². The summed E-state index contributed by atoms with van der Waals surface area (Å²) in [7, 11) is 0. The summed E-state index contributed by atoms with van der Waals surface area (Å²) in [4.78, 5) is 13.6. The number of hydrogen-bond donors (Lipinski definition) is 2. The first kappa shape index (κ1) is 14.7. The van der Waals surface area contributed by atoms with Gasteiger partial charge in [0.1, 0.15) is 5.56 Å². The molecule has 0 saturated carbocycles. The lowest BCUT2D eigenvalue weighted by molar-refractivity contribution is 0.0398. The Labute approximate surface area is 117 Å². The van der Waals surface area contributed by atoms with Crippen molar-refractivity contribution in [1.82, 2.24) is 15.1 Å². The molecule has 1 aromatic heterocycles. The van der Waals surface area contributed by atoms with Crippen LogP contribution in [0.2, 0.25) is 0 Å². The van der Waals surface area contributed by atoms with E-state index in [4.69, 9.17) is 4.74 Å². The summed E-state index contributed by atoms with van der Waals surface area (Å²) < 4.78 is 5.28. The zero-order valence-electron chi connectivity index (χ0n) is 11.8. The number of aryl methyl sites for hydroxylation is 1. The van der Waals surface area contributed by atoms with E-state index in [0.717, 1.165) is 32.8 Å². The molecule has 0 bridgehead atoms. The molecule has 0 radical (unpaired) electrons. The predicted octanol–water partition coefficient (Wildman–Crippen LogP) is 0.536. The highest BCUT2D eigenvalue weighted by Gasteiger charge is 2.17. The number of carboxylic acid groups (broad SMARTS) is 1. The molecule has 2 heterocycles. The first-order valence-electron chi connectivity index (χ1n) is 6.70. The summed E-state index contributed by atoms with van der Waals surface area (Å²) in [6.45, 7) is 8.30. The second kappa shape index (κ2) is 6.62. The molecule has 110 valence electrons. The Hall–Kier alpha value is -1.73. The molecule has 1 saturated heterocycles. The largest absolute Gasteiger partial charge is 0.478 e. The van der Waals surface area contributed by atoms with E-state index < -0.39 is 5.97 Å². The van der Waals surface area contributed by atoms with Crippen molar-refractivity contribution in [2.45, 2.75) is 13.8 Å². The molecule has 0 aromatic carbocycles. The van der Waals surface area contributed by atoms with Crippen molar-refractivity contribution in [3.8, 4) is 0 Å². The monoisotopic (exact) mass is 280 g/mol. The maximum Gasteiger partial charge on any atom is 0.339 e. The molecule has 20 heavy (non-hydrogen) atoms. The van der Waals surface area contributed by atoms with E-state index in [9.17, 15) is 9.90 Å². The fraction of sp³-hybridized carbons (Fsp3) is 0.615. The summed E-state index contributed by atoms with van der Waals surface area (Å²) in [6.07, 6.45) is 0. The molecule has 2 rings (SSSR count). The van der Waals surface area contributed by atoms with Crippen molar-refractivity contribution in [3.63, 3.8) is 0 Å². The van der Waals surface area contributed by atoms with Crippen LogP contribution in [0.3, 0.4) is 0 Å². The number of nitrogens with zero attached hydrogens (tertiary/aromatic N) is 3. The molecule has 1 fully saturated rings. The number of morpholine rings is 1. The molecule has 0 atom stereocenters. The van der Waals surface area contributed by atoms with Gasteiger partial charge in [-0.3, -0.25) is 4.90 Å². The lowest BCUT2D eigenvalue weighted by Crippen LogP contribution is -2.39. The summed E-state index contributed by atoms with van der Waals surface area (Å²) >= 11 is 0. The average molecular weight is 280 g/mol. The first-order valence-corrected chi connectivity index (χ1v) is 6.70. The smallest absolute Gasteiger partial charge is 0.339 e. The van der Waals surface area contributed by atoms with Gasteiger partial charge in [0.2, 0.25) is 0 Å². The van der Waals surface area contributed by atoms with Gasteiger partial charge in [-0.2, -0.15) is 5.10 Å². The molecule has 1 aliphatic rings. The number of nitrogens with one attached hydrogen (secondary N) is 1. The number of anilines is 1. The van der Waals surface area contributed by atoms with E-state index >= 15 is 0 Å². The molecular weight excluding hydrogens is 260 g/mol. The number of aromatic carboxylic acids is 1. The van der Waals surface area contributed by atoms with Crippen molar-refractivity contribution >= 4 is 11.8 Å². The lowest BCUT2D eigenvalue weighted by Gasteiger charge is -2.26. The Bertz CT molecular complexity index is 487. The quantitative estimate of drug-likeness (QED) is 0.813. The molecule has 7 nitrogen and oxygen atoms in total. The Kier molecular flexibility index (Phi) is 4.86. The average Bonchev–Trinajstić information content (AvgIpc) is 2.43. The van der Waals surface area contributed by atoms with Crippen LogP contribution >= 0.6 is 0 Å². The van der Waals surface area contributed by atoms with Crippen LogP contribution in [0.15, 0.2) is 0 Å². The van der Waals surface area contributed by atoms with Crippen molar-refractivity contribution in [3.05, 3.63) is 16.8 Å². The van der Waals surface area contributed by atoms with E-state index in [0.29, 0.717) is 23.6 Å². The van der Waals surface area contributed by atoms with Crippen LogP contribution in [0.1, 0.15) is 21.6 Å². The highest BCUT2D eigenvalue weighted by Crippen LogP contribution is 2.18. The van der Waals surface area contributed by atoms with Crippen LogP contribution in [0.25, 0.3) is 0 Å². The minimum Gasteiger partial charge on any atom is -0.478 e. The molecule has 0 amide bonds. The van der Waals surface area contributed by atoms with Gasteiger partial charge in [-0.25, -0.2) is 4.79 Å². The van der Waals surface area contributed by atoms with Crippen LogP contribution < -0.4 is 5.32 Å². The van der Waals surface area contributed by atoms with Crippen molar-refractivity contribution in [2.24, 2.45) is 0 Å². The van der Waals surface area contributed by atoms with Gasteiger partial charge >= 0.3 is 5.97 Å². The number of carboxylic acids is 1. The van der Waals surface area contributed by atoms with Crippen LogP contribution in [0, 0.1) is 13.8 Å². The maximum absolute atomic E-state index is 11.3. The molecule has 0 unspecified atom stereocenters. The van der Waals surface area contributed by atoms with Crippen LogP contribution in [-0.2, 0) is 4.74 Å². The summed E-state index contributed by atoms with van der Waals surface area (Å²) in [5, 5.41) is 20.3. The van der Waals surface area contributed by atoms with Crippen molar-refractivity contribution < 1.29 is 14.6 Å². The molecular formula is C13H20N4O3. The fourth-order valence-corrected chi connectivity index (χ4v) is 2.15. The third-order valence-corrected chi connectivity index (χ3v) is 3.49. The molecule has 7 heteroatoms. The second-order valence-electron chi connectivity index (χ2n) is 4.82. The summed E-state index contributed by atoms with van der Waals surface area (Å²) in [6, 6.07) is 0. The summed E-state index contributed by atoms with van der Waals surface area (Å²) in [5.74, 6) is -0.636. The first-order chi connectivity index (χ1) is 9.59. The lowest BCUT2D eigenvalue weighted by atomic mass is 10.1. The van der Waals surface area contributed by atoms with Crippen LogP contribution in [0.4, 0.5) is 5.82 Å². The van der Waals surface area contributed by atoms with E-state index in [1.807, 2.05) is 0 Å². The number of hydrogen-bond acceptors (Lipinski definition) is 6. The summed E-state index contributed by atoms with van der Waals surface area (Å²) in [5.41, 5.74) is 1.50. The van der Waals surface area contributed by atoms with Gasteiger partial charge in [-0.15, -0.1) is 5.10 Å². The maximum atomic E-state index is 11.3. The van der Waals surface area contributed by atoms with Crippen LogP contribution in [-0.4, -0.2) is 65.6 Å². The SMILES string of the molecule is Cc1nnc(NCCN2CCOCC2)c(C(=O)O)c1C. The number of rotatable bonds is 5. The van der Waals surface area contributed by atoms with E-state index in [-0.39, 0.29) is 5.56 Å². The van der Waals surface area contributed by atoms with Gasteiger partial charge in [0.05, 0.1) is 18.9 Å². The zero-order valence-corrected chi connectivity index (χ0v) is 11.8. The molecule has 1 aliphatic heterocycles. The fourth-order valence-electron chi connectivity index (χ4n) is 2.15. The number of aromatic nitrogens is 2. The number of ether oxygens (including phenoxy) is 1. The minimum atomic E-state index is -0.977. The minimum absolute atomic E-state index is 0.208. The Balaban J connectivity index is 1.98. The van der Waals surface area contributed by atoms with Gasteiger partial charge in [0.15, 0.2) is 5.82 Å². The van der Waals surface area contributed by atoms with Gasteiger partial charge in [-0.05, 0) is 19.4 Å². The van der Waals surface area contributed by atoms with E-state index in [1.54, 1.807) is 13.8 Å². The van der Waals surface area contributed by atoms with E-state index in [2.05, 4.69) is 20.4 Å². The molecule has 1 aromatic rings. The molecule has 0 spiro atoms. The van der Waals surface area contributed by atoms with Gasteiger partial charge in [0.25, 0.3) is 0 Å². The van der Waals surface area contributed by atoms with Crippen molar-refractivity contribution in [2.75, 3.05) is 44.7 Å². The van der Waals surface area contributed by atoms with Gasteiger partial charge in [-0.1, -0.05) is 0 Å². The predicted molar refractivity (Wildman–Crippen MR) is 74.2 cm³/mol. The Morgan fingerprint density at radius 2 is 2.05 bits per heavy atom. The highest BCUT2D eigenvalue weighted by atomic mass is 16.5. The zero-order chi connectivity index (χ0) is 14.5. The molecule has 2 N–H and O–H groups in total. The Morgan fingerprint density at radius 1 is 1.35 bits per heavy atom. The van der Waals surface area contributed by atoms with Crippen LogP contribution in [0.5, 0.6) is 0 Å². The van der Waals surface area contributed by atoms with E-state index in [1.165, 1.54) is 0 Å². The topological polar surface area (TPSA) is 87.6 Å².